The van der Waals surface area contributed by atoms with Gasteiger partial charge in [0.1, 0.15) is 0 Å². The number of aromatic nitrogens is 1. The van der Waals surface area contributed by atoms with Gasteiger partial charge < -0.3 is 10.1 Å². The molecule has 0 amide bonds. The molecule has 1 aromatic rings. The first kappa shape index (κ1) is 15.0. The first-order valence-corrected chi connectivity index (χ1v) is 5.81. The minimum Gasteiger partial charge on any atom is -0.465 e. The maximum atomic E-state index is 12.3. The molecule has 0 saturated carbocycles. The molecule has 0 saturated heterocycles. The molecular weight excluding hydrogens is 269 g/mol. The second kappa shape index (κ2) is 6.24. The third-order valence-electron chi connectivity index (χ3n) is 2.23. The predicted molar refractivity (Wildman–Crippen MR) is 62.8 cm³/mol. The lowest BCUT2D eigenvalue weighted by molar-refractivity contribution is -0.190. The Hall–Kier alpha value is -1.01. The van der Waals surface area contributed by atoms with Crippen molar-refractivity contribution in [3.05, 3.63) is 22.8 Å². The van der Waals surface area contributed by atoms with Gasteiger partial charge in [-0.25, -0.2) is 4.98 Å². The van der Waals surface area contributed by atoms with Gasteiger partial charge in [0.05, 0.1) is 5.02 Å². The van der Waals surface area contributed by atoms with Gasteiger partial charge in [-0.15, -0.1) is 0 Å². The van der Waals surface area contributed by atoms with Crippen molar-refractivity contribution in [3.63, 3.8) is 0 Å². The zero-order valence-electron chi connectivity index (χ0n) is 10.0. The number of rotatable bonds is 5. The van der Waals surface area contributed by atoms with E-state index in [1.165, 1.54) is 12.3 Å². The van der Waals surface area contributed by atoms with Gasteiger partial charge in [0.2, 0.25) is 5.88 Å². The Morgan fingerprint density at radius 3 is 2.72 bits per heavy atom. The molecule has 1 N–H and O–H groups in total. The maximum absolute atomic E-state index is 12.3. The lowest BCUT2D eigenvalue weighted by Crippen LogP contribution is -2.31. The van der Waals surface area contributed by atoms with Crippen LogP contribution in [-0.4, -0.2) is 23.8 Å². The van der Waals surface area contributed by atoms with Crippen molar-refractivity contribution >= 4 is 11.6 Å². The number of hydrogen-bond acceptors (Lipinski definition) is 3. The van der Waals surface area contributed by atoms with E-state index in [2.05, 4.69) is 10.3 Å². The molecule has 0 aromatic carbocycles. The third kappa shape index (κ3) is 4.34. The molecule has 18 heavy (non-hydrogen) atoms. The summed E-state index contributed by atoms with van der Waals surface area (Å²) in [4.78, 5) is 3.72. The van der Waals surface area contributed by atoms with Crippen LogP contribution in [0.15, 0.2) is 12.3 Å². The van der Waals surface area contributed by atoms with E-state index in [-0.39, 0.29) is 5.88 Å². The van der Waals surface area contributed by atoms with Crippen LogP contribution in [0.1, 0.15) is 19.4 Å². The van der Waals surface area contributed by atoms with Crippen LogP contribution < -0.4 is 10.1 Å². The van der Waals surface area contributed by atoms with Gasteiger partial charge >= 0.3 is 6.18 Å². The molecule has 0 bridgehead atoms. The Balaban J connectivity index is 2.78. The molecular formula is C11H14ClF3N2O. The summed E-state index contributed by atoms with van der Waals surface area (Å²) in [5.41, 5.74) is 0.651. The van der Waals surface area contributed by atoms with E-state index in [0.717, 1.165) is 13.5 Å². The Kier molecular flexibility index (Phi) is 5.22. The van der Waals surface area contributed by atoms with Crippen LogP contribution in [0.25, 0.3) is 0 Å². The maximum Gasteiger partial charge on any atom is 0.425 e. The normalized spacial score (nSPS) is 13.4. The zero-order valence-corrected chi connectivity index (χ0v) is 10.8. The first-order valence-electron chi connectivity index (χ1n) is 5.43. The average Bonchev–Trinajstić information content (AvgIpc) is 2.28. The summed E-state index contributed by atoms with van der Waals surface area (Å²) in [6, 6.07) is 1.41. The smallest absolute Gasteiger partial charge is 0.425 e. The van der Waals surface area contributed by atoms with Crippen LogP contribution >= 0.6 is 11.6 Å². The van der Waals surface area contributed by atoms with Gasteiger partial charge in [-0.1, -0.05) is 18.5 Å². The van der Waals surface area contributed by atoms with Crippen LogP contribution in [-0.2, 0) is 6.54 Å². The molecule has 0 aliphatic carbocycles. The largest absolute Gasteiger partial charge is 0.465 e. The number of ether oxygens (including phenoxy) is 1. The van der Waals surface area contributed by atoms with E-state index in [9.17, 15) is 13.2 Å². The average molecular weight is 283 g/mol. The van der Waals surface area contributed by atoms with Gasteiger partial charge in [-0.2, -0.15) is 13.2 Å². The van der Waals surface area contributed by atoms with Crippen LogP contribution in [0.3, 0.4) is 0 Å². The van der Waals surface area contributed by atoms with Crippen molar-refractivity contribution in [2.24, 2.45) is 0 Å². The highest BCUT2D eigenvalue weighted by Gasteiger charge is 2.38. The minimum absolute atomic E-state index is 0.0860. The van der Waals surface area contributed by atoms with Gasteiger partial charge in [-0.3, -0.25) is 0 Å². The number of nitrogens with zero attached hydrogens (tertiary/aromatic N) is 1. The van der Waals surface area contributed by atoms with Crippen molar-refractivity contribution in [2.75, 3.05) is 6.54 Å². The highest BCUT2D eigenvalue weighted by Crippen LogP contribution is 2.25. The highest BCUT2D eigenvalue weighted by atomic mass is 35.5. The molecule has 1 aromatic heterocycles. The molecule has 0 fully saturated rings. The second-order valence-electron chi connectivity index (χ2n) is 3.70. The van der Waals surface area contributed by atoms with Crippen LogP contribution in [0.4, 0.5) is 13.2 Å². The first-order chi connectivity index (χ1) is 8.34. The summed E-state index contributed by atoms with van der Waals surface area (Å²) in [6.45, 7) is 4.03. The molecule has 0 radical (unpaired) electrons. The second-order valence-corrected chi connectivity index (χ2v) is 4.10. The fraction of sp³-hybridized carbons (Fsp3) is 0.545. The van der Waals surface area contributed by atoms with Crippen molar-refractivity contribution < 1.29 is 17.9 Å². The van der Waals surface area contributed by atoms with Crippen molar-refractivity contribution in [3.8, 4) is 5.88 Å². The Labute approximate surface area is 108 Å². The SMILES string of the molecule is CCNCc1cc(OC(C)C(F)(F)F)ncc1Cl. The quantitative estimate of drug-likeness (QED) is 0.901. The van der Waals surface area contributed by atoms with Crippen LogP contribution in [0.2, 0.25) is 5.02 Å². The molecule has 1 atom stereocenters. The van der Waals surface area contributed by atoms with Gasteiger partial charge in [-0.05, 0) is 19.0 Å². The molecule has 1 unspecified atom stereocenters. The van der Waals surface area contributed by atoms with E-state index in [1.54, 1.807) is 0 Å². The lowest BCUT2D eigenvalue weighted by Gasteiger charge is -2.17. The van der Waals surface area contributed by atoms with E-state index in [1.807, 2.05) is 6.92 Å². The monoisotopic (exact) mass is 282 g/mol. The number of halogens is 4. The van der Waals surface area contributed by atoms with Crippen molar-refractivity contribution in [1.29, 1.82) is 0 Å². The summed E-state index contributed by atoms with van der Waals surface area (Å²) in [5, 5.41) is 3.42. The van der Waals surface area contributed by atoms with Crippen molar-refractivity contribution in [2.45, 2.75) is 32.7 Å². The molecule has 1 rings (SSSR count). The van der Waals surface area contributed by atoms with Gasteiger partial charge in [0.15, 0.2) is 6.10 Å². The van der Waals surface area contributed by atoms with Crippen molar-refractivity contribution in [1.82, 2.24) is 10.3 Å². The molecule has 0 spiro atoms. The number of alkyl halides is 3. The molecule has 3 nitrogen and oxygen atoms in total. The summed E-state index contributed by atoms with van der Waals surface area (Å²) < 4.78 is 41.7. The highest BCUT2D eigenvalue weighted by molar-refractivity contribution is 6.31. The predicted octanol–water partition coefficient (Wildman–Crippen LogP) is 3.17. The van der Waals surface area contributed by atoms with Gasteiger partial charge in [0, 0.05) is 18.8 Å². The van der Waals surface area contributed by atoms with E-state index < -0.39 is 12.3 Å². The van der Waals surface area contributed by atoms with Gasteiger partial charge in [0.25, 0.3) is 0 Å². The Morgan fingerprint density at radius 2 is 2.17 bits per heavy atom. The summed E-state index contributed by atoms with van der Waals surface area (Å²) in [6.07, 6.45) is -5.03. The molecule has 0 aliphatic heterocycles. The Morgan fingerprint density at radius 1 is 1.50 bits per heavy atom. The van der Waals surface area contributed by atoms with E-state index in [0.29, 0.717) is 17.1 Å². The van der Waals surface area contributed by atoms with E-state index in [4.69, 9.17) is 16.3 Å². The summed E-state index contributed by atoms with van der Waals surface area (Å²) in [5.74, 6) is -0.0860. The van der Waals surface area contributed by atoms with Crippen LogP contribution in [0.5, 0.6) is 5.88 Å². The molecule has 7 heteroatoms. The minimum atomic E-state index is -4.41. The van der Waals surface area contributed by atoms with Crippen LogP contribution in [0, 0.1) is 0 Å². The number of hydrogen-bond donors (Lipinski definition) is 1. The standard InChI is InChI=1S/C11H14ClF3N2O/c1-3-16-5-8-4-10(17-6-9(8)12)18-7(2)11(13,14)15/h4,6-7,16H,3,5H2,1-2H3. The molecule has 1 heterocycles. The molecule has 102 valence electrons. The lowest BCUT2D eigenvalue weighted by atomic mass is 10.2. The van der Waals surface area contributed by atoms with E-state index >= 15 is 0 Å². The molecule has 0 aliphatic rings. The topological polar surface area (TPSA) is 34.1 Å². The Bertz CT molecular complexity index is 398. The summed E-state index contributed by atoms with van der Waals surface area (Å²) in [7, 11) is 0. The fourth-order valence-electron chi connectivity index (χ4n) is 1.17. The summed E-state index contributed by atoms with van der Waals surface area (Å²) >= 11 is 5.88. The fourth-order valence-corrected chi connectivity index (χ4v) is 1.34. The third-order valence-corrected chi connectivity index (χ3v) is 2.57. The number of nitrogens with one attached hydrogen (secondary N) is 1. The zero-order chi connectivity index (χ0) is 13.8. The number of pyridine rings is 1.